The highest BCUT2D eigenvalue weighted by atomic mass is 16.2. The van der Waals surface area contributed by atoms with Crippen LogP contribution in [0.25, 0.3) is 0 Å². The molecule has 1 saturated heterocycles. The van der Waals surface area contributed by atoms with E-state index in [9.17, 15) is 9.59 Å². The summed E-state index contributed by atoms with van der Waals surface area (Å²) in [7, 11) is 1.97. The van der Waals surface area contributed by atoms with Crippen molar-refractivity contribution in [3.8, 4) is 0 Å². The molecule has 0 aromatic heterocycles. The van der Waals surface area contributed by atoms with Crippen molar-refractivity contribution in [3.05, 3.63) is 96.6 Å². The summed E-state index contributed by atoms with van der Waals surface area (Å²) in [6, 6.07) is 28.9. The Bertz CT molecular complexity index is 969. The van der Waals surface area contributed by atoms with Gasteiger partial charge in [0.25, 0.3) is 5.91 Å². The van der Waals surface area contributed by atoms with Gasteiger partial charge in [0.05, 0.1) is 6.54 Å². The Morgan fingerprint density at radius 3 is 1.90 bits per heavy atom. The molecule has 1 heterocycles. The van der Waals surface area contributed by atoms with Crippen molar-refractivity contribution >= 4 is 23.2 Å². The van der Waals surface area contributed by atoms with E-state index in [4.69, 9.17) is 0 Å². The van der Waals surface area contributed by atoms with E-state index in [1.54, 1.807) is 4.90 Å². The molecule has 0 aliphatic carbocycles. The van der Waals surface area contributed by atoms with Gasteiger partial charge in [0.15, 0.2) is 0 Å². The molecule has 31 heavy (non-hydrogen) atoms. The molecule has 1 aliphatic rings. The summed E-state index contributed by atoms with van der Waals surface area (Å²) in [5, 5.41) is 0. The van der Waals surface area contributed by atoms with Gasteiger partial charge in [-0.05, 0) is 49.9 Å². The van der Waals surface area contributed by atoms with Gasteiger partial charge in [-0.15, -0.1) is 0 Å². The molecule has 0 radical (unpaired) electrons. The first-order valence-corrected chi connectivity index (χ1v) is 10.6. The van der Waals surface area contributed by atoms with E-state index < -0.39 is 0 Å². The number of carbonyl (C=O) groups is 2. The number of hydrogen-bond donors (Lipinski definition) is 0. The lowest BCUT2D eigenvalue weighted by molar-refractivity contribution is -0.119. The van der Waals surface area contributed by atoms with Gasteiger partial charge in [-0.25, -0.2) is 0 Å². The average molecular weight is 414 g/mol. The van der Waals surface area contributed by atoms with E-state index in [-0.39, 0.29) is 24.4 Å². The highest BCUT2D eigenvalue weighted by Crippen LogP contribution is 2.26. The van der Waals surface area contributed by atoms with E-state index in [1.807, 2.05) is 103 Å². The van der Waals surface area contributed by atoms with Gasteiger partial charge in [-0.2, -0.15) is 0 Å². The number of likely N-dealkylation sites (tertiary alicyclic amines) is 1. The van der Waals surface area contributed by atoms with Crippen molar-refractivity contribution in [2.75, 3.05) is 31.6 Å². The maximum atomic E-state index is 13.4. The molecule has 3 aromatic carbocycles. The first kappa shape index (κ1) is 20.8. The molecule has 3 aromatic rings. The number of nitrogens with zero attached hydrogens (tertiary/aromatic N) is 3. The Morgan fingerprint density at radius 2 is 1.35 bits per heavy atom. The maximum absolute atomic E-state index is 13.4. The van der Waals surface area contributed by atoms with Crippen LogP contribution in [0.5, 0.6) is 0 Å². The second-order valence-corrected chi connectivity index (χ2v) is 7.88. The zero-order chi connectivity index (χ0) is 21.6. The highest BCUT2D eigenvalue weighted by Gasteiger charge is 2.31. The minimum Gasteiger partial charge on any atom is -0.337 e. The van der Waals surface area contributed by atoms with Crippen LogP contribution in [0.1, 0.15) is 16.8 Å². The topological polar surface area (TPSA) is 43.9 Å². The quantitative estimate of drug-likeness (QED) is 0.608. The lowest BCUT2D eigenvalue weighted by Crippen LogP contribution is -2.43. The van der Waals surface area contributed by atoms with Crippen LogP contribution in [0.2, 0.25) is 0 Å². The van der Waals surface area contributed by atoms with Crippen LogP contribution < -0.4 is 4.90 Å². The third-order valence-corrected chi connectivity index (χ3v) is 5.76. The Labute approximate surface area is 183 Å². The number of likely N-dealkylation sites (N-methyl/N-ethyl adjacent to an activating group) is 1. The third-order valence-electron chi connectivity index (χ3n) is 5.76. The fraction of sp³-hybridized carbons (Fsp3) is 0.231. The molecule has 4 rings (SSSR count). The fourth-order valence-corrected chi connectivity index (χ4v) is 4.05. The fourth-order valence-electron chi connectivity index (χ4n) is 4.05. The molecule has 2 amide bonds. The van der Waals surface area contributed by atoms with Crippen molar-refractivity contribution < 1.29 is 9.59 Å². The molecule has 1 unspecified atom stereocenters. The Kier molecular flexibility index (Phi) is 6.43. The van der Waals surface area contributed by atoms with Gasteiger partial charge in [-0.3, -0.25) is 19.4 Å². The van der Waals surface area contributed by atoms with Crippen molar-refractivity contribution in [3.63, 3.8) is 0 Å². The molecule has 5 heteroatoms. The molecule has 0 bridgehead atoms. The van der Waals surface area contributed by atoms with Crippen LogP contribution in [0.15, 0.2) is 91.0 Å². The maximum Gasteiger partial charge on any atom is 0.253 e. The summed E-state index contributed by atoms with van der Waals surface area (Å²) >= 11 is 0. The number of amides is 2. The Balaban J connectivity index is 1.44. The normalized spacial score (nSPS) is 15.8. The van der Waals surface area contributed by atoms with Crippen LogP contribution >= 0.6 is 0 Å². The number of hydrogen-bond acceptors (Lipinski definition) is 3. The smallest absolute Gasteiger partial charge is 0.253 e. The van der Waals surface area contributed by atoms with E-state index in [0.717, 1.165) is 17.8 Å². The van der Waals surface area contributed by atoms with Gasteiger partial charge in [0.1, 0.15) is 0 Å². The predicted octanol–water partition coefficient (Wildman–Crippen LogP) is 4.20. The zero-order valence-corrected chi connectivity index (χ0v) is 17.7. The molecular formula is C26H27N3O2. The van der Waals surface area contributed by atoms with Gasteiger partial charge in [-0.1, -0.05) is 54.6 Å². The summed E-state index contributed by atoms with van der Waals surface area (Å²) in [6.45, 7) is 1.62. The summed E-state index contributed by atoms with van der Waals surface area (Å²) in [5.41, 5.74) is 2.40. The number of carbonyl (C=O) groups excluding carboxylic acids is 2. The first-order chi connectivity index (χ1) is 15.1. The van der Waals surface area contributed by atoms with Crippen LogP contribution in [0.4, 0.5) is 11.4 Å². The van der Waals surface area contributed by atoms with Gasteiger partial charge in [0.2, 0.25) is 5.91 Å². The van der Waals surface area contributed by atoms with Gasteiger partial charge >= 0.3 is 0 Å². The average Bonchev–Trinajstić information content (AvgIpc) is 3.31. The molecule has 1 aliphatic heterocycles. The van der Waals surface area contributed by atoms with E-state index in [1.165, 1.54) is 0 Å². The summed E-state index contributed by atoms with van der Waals surface area (Å²) in [6.07, 6.45) is 0.860. The minimum absolute atomic E-state index is 0.00716. The monoisotopic (exact) mass is 413 g/mol. The molecule has 5 nitrogen and oxygen atoms in total. The summed E-state index contributed by atoms with van der Waals surface area (Å²) < 4.78 is 0. The molecule has 0 spiro atoms. The number of anilines is 2. The molecule has 1 atom stereocenters. The second kappa shape index (κ2) is 9.58. The SMILES string of the molecule is CN(CC(=O)N(c1ccccc1)c1ccccc1)C1CCN(C(=O)c2ccccc2)C1. The Hall–Kier alpha value is -3.44. The largest absolute Gasteiger partial charge is 0.337 e. The predicted molar refractivity (Wildman–Crippen MR) is 123 cm³/mol. The van der Waals surface area contributed by atoms with Crippen LogP contribution in [0, 0.1) is 0 Å². The second-order valence-electron chi connectivity index (χ2n) is 7.88. The highest BCUT2D eigenvalue weighted by molar-refractivity contribution is 6.01. The van der Waals surface area contributed by atoms with Gasteiger partial charge < -0.3 is 4.90 Å². The van der Waals surface area contributed by atoms with Crippen molar-refractivity contribution in [1.82, 2.24) is 9.80 Å². The van der Waals surface area contributed by atoms with E-state index in [0.29, 0.717) is 18.7 Å². The summed E-state index contributed by atoms with van der Waals surface area (Å²) in [4.78, 5) is 31.8. The molecule has 0 saturated carbocycles. The van der Waals surface area contributed by atoms with Crippen molar-refractivity contribution in [1.29, 1.82) is 0 Å². The summed E-state index contributed by atoms with van der Waals surface area (Å²) in [5.74, 6) is 0.0609. The molecule has 158 valence electrons. The lowest BCUT2D eigenvalue weighted by atomic mass is 10.2. The number of rotatable bonds is 6. The third kappa shape index (κ3) is 4.84. The van der Waals surface area contributed by atoms with Crippen molar-refractivity contribution in [2.45, 2.75) is 12.5 Å². The van der Waals surface area contributed by atoms with E-state index >= 15 is 0 Å². The Morgan fingerprint density at radius 1 is 0.839 bits per heavy atom. The van der Waals surface area contributed by atoms with Crippen molar-refractivity contribution in [2.24, 2.45) is 0 Å². The first-order valence-electron chi connectivity index (χ1n) is 10.6. The standard InChI is InChI=1S/C26H27N3O2/c1-27(24-17-18-28(19-24)26(31)21-11-5-2-6-12-21)20-25(30)29(22-13-7-3-8-14-22)23-15-9-4-10-16-23/h2-16,24H,17-20H2,1H3. The van der Waals surface area contributed by atoms with E-state index in [2.05, 4.69) is 4.90 Å². The number of para-hydroxylation sites is 2. The molecular weight excluding hydrogens is 386 g/mol. The minimum atomic E-state index is 0.00716. The zero-order valence-electron chi connectivity index (χ0n) is 17.7. The van der Waals surface area contributed by atoms with Crippen LogP contribution in [0.3, 0.4) is 0 Å². The molecule has 1 fully saturated rings. The lowest BCUT2D eigenvalue weighted by Gasteiger charge is -2.28. The van der Waals surface area contributed by atoms with Crippen LogP contribution in [-0.4, -0.2) is 54.3 Å². The van der Waals surface area contributed by atoms with Crippen LogP contribution in [-0.2, 0) is 4.79 Å². The molecule has 0 N–H and O–H groups in total. The van der Waals surface area contributed by atoms with Gasteiger partial charge in [0, 0.05) is 36.1 Å². The number of benzene rings is 3.